The van der Waals surface area contributed by atoms with Crippen LogP contribution in [-0.2, 0) is 16.0 Å². The minimum absolute atomic E-state index is 0.0303. The summed E-state index contributed by atoms with van der Waals surface area (Å²) in [6.45, 7) is 0.737. The molecule has 0 aliphatic rings. The number of carbonyl (C=O) groups is 2. The van der Waals surface area contributed by atoms with Crippen LogP contribution in [0.1, 0.15) is 17.2 Å². The molecule has 1 unspecified atom stereocenters. The lowest BCUT2D eigenvalue weighted by Gasteiger charge is -2.25. The Bertz CT molecular complexity index is 817. The van der Waals surface area contributed by atoms with Gasteiger partial charge in [0.2, 0.25) is 0 Å². The molecule has 2 rings (SSSR count). The number of ether oxygens (including phenoxy) is 1. The highest BCUT2D eigenvalue weighted by atomic mass is 16.5. The fourth-order valence-corrected chi connectivity index (χ4v) is 3.06. The van der Waals surface area contributed by atoms with Gasteiger partial charge >= 0.3 is 11.8 Å². The number of nitrogens with one attached hydrogen (secondary N) is 2. The molecule has 0 aliphatic heterocycles. The normalized spacial score (nSPS) is 11.7. The Balaban J connectivity index is 1.83. The van der Waals surface area contributed by atoms with Crippen LogP contribution < -0.4 is 20.3 Å². The summed E-state index contributed by atoms with van der Waals surface area (Å²) < 4.78 is 5.13. The minimum atomic E-state index is -0.624. The third-order valence-corrected chi connectivity index (χ3v) is 4.94. The molecule has 0 heterocycles. The fraction of sp³-hybridized carbons (Fsp3) is 0.391. The molecule has 1 atom stereocenters. The molecule has 0 bridgehead atoms. The van der Waals surface area contributed by atoms with E-state index in [0.29, 0.717) is 19.5 Å². The number of hydrogen-bond acceptors (Lipinski definition) is 5. The molecule has 2 aromatic carbocycles. The van der Waals surface area contributed by atoms with Gasteiger partial charge in [-0.05, 0) is 55.9 Å². The average Bonchev–Trinajstić information content (AvgIpc) is 2.74. The molecular formula is C23H32N4O3. The third-order valence-electron chi connectivity index (χ3n) is 4.94. The van der Waals surface area contributed by atoms with Crippen LogP contribution in [0.15, 0.2) is 48.5 Å². The summed E-state index contributed by atoms with van der Waals surface area (Å²) in [6, 6.07) is 15.8. The Hall–Kier alpha value is -3.06. The van der Waals surface area contributed by atoms with Gasteiger partial charge in [0.15, 0.2) is 0 Å². The predicted molar refractivity (Wildman–Crippen MR) is 120 cm³/mol. The molecule has 7 nitrogen and oxygen atoms in total. The van der Waals surface area contributed by atoms with Crippen molar-refractivity contribution in [1.82, 2.24) is 15.5 Å². The van der Waals surface area contributed by atoms with Crippen LogP contribution in [0.25, 0.3) is 0 Å². The van der Waals surface area contributed by atoms with Crippen molar-refractivity contribution in [3.05, 3.63) is 59.7 Å². The summed E-state index contributed by atoms with van der Waals surface area (Å²) in [7, 11) is 9.50. The number of rotatable bonds is 9. The Labute approximate surface area is 179 Å². The van der Waals surface area contributed by atoms with Crippen molar-refractivity contribution in [3.63, 3.8) is 0 Å². The number of nitrogens with zero attached hydrogens (tertiary/aromatic N) is 2. The molecule has 0 saturated carbocycles. The largest absolute Gasteiger partial charge is 0.497 e. The SMILES string of the molecule is COc1ccc(CCNC(=O)C(=O)NCC(c2ccc(N(C)C)cc2)N(C)C)cc1. The first-order valence-electron chi connectivity index (χ1n) is 9.94. The van der Waals surface area contributed by atoms with Gasteiger partial charge in [0.25, 0.3) is 0 Å². The van der Waals surface area contributed by atoms with Crippen LogP contribution in [0.4, 0.5) is 5.69 Å². The van der Waals surface area contributed by atoms with E-state index in [1.54, 1.807) is 7.11 Å². The van der Waals surface area contributed by atoms with Gasteiger partial charge in [-0.3, -0.25) is 9.59 Å². The zero-order valence-electron chi connectivity index (χ0n) is 18.4. The molecule has 0 aliphatic carbocycles. The van der Waals surface area contributed by atoms with Crippen molar-refractivity contribution in [2.45, 2.75) is 12.5 Å². The molecule has 7 heteroatoms. The number of benzene rings is 2. The van der Waals surface area contributed by atoms with Gasteiger partial charge in [-0.15, -0.1) is 0 Å². The van der Waals surface area contributed by atoms with E-state index in [1.165, 1.54) is 0 Å². The summed E-state index contributed by atoms with van der Waals surface area (Å²) in [5, 5.41) is 5.41. The summed E-state index contributed by atoms with van der Waals surface area (Å²) >= 11 is 0. The van der Waals surface area contributed by atoms with E-state index in [1.807, 2.05) is 86.5 Å². The molecule has 2 aromatic rings. The van der Waals surface area contributed by atoms with Crippen LogP contribution in [0.3, 0.4) is 0 Å². The van der Waals surface area contributed by atoms with Crippen LogP contribution in [0.5, 0.6) is 5.75 Å². The minimum Gasteiger partial charge on any atom is -0.497 e. The molecule has 30 heavy (non-hydrogen) atoms. The Morgan fingerprint density at radius 1 is 0.900 bits per heavy atom. The number of hydrogen-bond donors (Lipinski definition) is 2. The molecule has 0 radical (unpaired) electrons. The van der Waals surface area contributed by atoms with Gasteiger partial charge in [0.1, 0.15) is 5.75 Å². The third kappa shape index (κ3) is 6.77. The van der Waals surface area contributed by atoms with E-state index in [2.05, 4.69) is 10.6 Å². The highest BCUT2D eigenvalue weighted by Crippen LogP contribution is 2.20. The van der Waals surface area contributed by atoms with E-state index >= 15 is 0 Å². The zero-order valence-corrected chi connectivity index (χ0v) is 18.4. The summed E-state index contributed by atoms with van der Waals surface area (Å²) in [5.74, 6) is -0.459. The molecule has 0 saturated heterocycles. The number of anilines is 1. The van der Waals surface area contributed by atoms with Crippen molar-refractivity contribution in [1.29, 1.82) is 0 Å². The first-order valence-corrected chi connectivity index (χ1v) is 9.94. The summed E-state index contributed by atoms with van der Waals surface area (Å²) in [5.41, 5.74) is 3.24. The highest BCUT2D eigenvalue weighted by molar-refractivity contribution is 6.35. The Morgan fingerprint density at radius 2 is 1.50 bits per heavy atom. The maximum absolute atomic E-state index is 12.2. The standard InChI is InChI=1S/C23H32N4O3/c1-26(2)19-10-8-18(9-11-19)21(27(3)4)16-25-23(29)22(28)24-15-14-17-6-12-20(30-5)13-7-17/h6-13,21H,14-16H2,1-5H3,(H,24,28)(H,25,29). The number of likely N-dealkylation sites (N-methyl/N-ethyl adjacent to an activating group) is 1. The van der Waals surface area contributed by atoms with E-state index in [0.717, 1.165) is 22.6 Å². The Kier molecular flexibility index (Phi) is 8.68. The van der Waals surface area contributed by atoms with Gasteiger partial charge in [-0.25, -0.2) is 0 Å². The number of carbonyl (C=O) groups excluding carboxylic acids is 2. The Morgan fingerprint density at radius 3 is 2.03 bits per heavy atom. The van der Waals surface area contributed by atoms with Gasteiger partial charge in [0, 0.05) is 32.9 Å². The van der Waals surface area contributed by atoms with E-state index in [9.17, 15) is 9.59 Å². The molecule has 0 fully saturated rings. The predicted octanol–water partition coefficient (Wildman–Crippen LogP) is 1.84. The van der Waals surface area contributed by atoms with Crippen molar-refractivity contribution in [3.8, 4) is 5.75 Å². The number of amides is 2. The van der Waals surface area contributed by atoms with Crippen molar-refractivity contribution in [2.24, 2.45) is 0 Å². The van der Waals surface area contributed by atoms with Gasteiger partial charge < -0.3 is 25.2 Å². The summed E-state index contributed by atoms with van der Waals surface area (Å²) in [6.07, 6.45) is 0.640. The van der Waals surface area contributed by atoms with Crippen LogP contribution >= 0.6 is 0 Å². The lowest BCUT2D eigenvalue weighted by Crippen LogP contribution is -2.43. The lowest BCUT2D eigenvalue weighted by atomic mass is 10.1. The molecule has 2 N–H and O–H groups in total. The van der Waals surface area contributed by atoms with E-state index in [-0.39, 0.29) is 6.04 Å². The maximum Gasteiger partial charge on any atom is 0.309 e. The van der Waals surface area contributed by atoms with Crippen LogP contribution in [-0.4, -0.2) is 65.1 Å². The zero-order chi connectivity index (χ0) is 22.1. The molecular weight excluding hydrogens is 380 g/mol. The lowest BCUT2D eigenvalue weighted by molar-refractivity contribution is -0.139. The highest BCUT2D eigenvalue weighted by Gasteiger charge is 2.18. The van der Waals surface area contributed by atoms with Crippen LogP contribution in [0.2, 0.25) is 0 Å². The van der Waals surface area contributed by atoms with Crippen LogP contribution in [0, 0.1) is 0 Å². The van der Waals surface area contributed by atoms with Gasteiger partial charge in [0.05, 0.1) is 13.2 Å². The molecule has 0 aromatic heterocycles. The van der Waals surface area contributed by atoms with Crippen molar-refractivity contribution in [2.75, 3.05) is 53.3 Å². The second-order valence-corrected chi connectivity index (χ2v) is 7.53. The van der Waals surface area contributed by atoms with Crippen molar-refractivity contribution >= 4 is 17.5 Å². The maximum atomic E-state index is 12.2. The van der Waals surface area contributed by atoms with Gasteiger partial charge in [-0.1, -0.05) is 24.3 Å². The van der Waals surface area contributed by atoms with E-state index < -0.39 is 11.8 Å². The van der Waals surface area contributed by atoms with Crippen molar-refractivity contribution < 1.29 is 14.3 Å². The molecule has 0 spiro atoms. The quantitative estimate of drug-likeness (QED) is 0.615. The molecule has 2 amide bonds. The van der Waals surface area contributed by atoms with Gasteiger partial charge in [-0.2, -0.15) is 0 Å². The molecule has 162 valence electrons. The average molecular weight is 413 g/mol. The fourth-order valence-electron chi connectivity index (χ4n) is 3.06. The van der Waals surface area contributed by atoms with E-state index in [4.69, 9.17) is 4.74 Å². The first-order chi connectivity index (χ1) is 14.3. The second-order valence-electron chi connectivity index (χ2n) is 7.53. The topological polar surface area (TPSA) is 73.9 Å². The first kappa shape index (κ1) is 23.2. The number of methoxy groups -OCH3 is 1. The smallest absolute Gasteiger partial charge is 0.309 e. The summed E-state index contributed by atoms with van der Waals surface area (Å²) in [4.78, 5) is 28.4. The second kappa shape index (κ2) is 11.2. The monoisotopic (exact) mass is 412 g/mol.